The van der Waals surface area contributed by atoms with Gasteiger partial charge >= 0.3 is 0 Å². The Labute approximate surface area is 237 Å². The van der Waals surface area contributed by atoms with E-state index in [9.17, 15) is 9.90 Å². The molecule has 1 aliphatic rings. The van der Waals surface area contributed by atoms with Crippen LogP contribution in [0.3, 0.4) is 0 Å². The number of amides is 1. The Morgan fingerprint density at radius 3 is 2.56 bits per heavy atom. The zero-order chi connectivity index (χ0) is 28.6. The van der Waals surface area contributed by atoms with E-state index in [0.717, 1.165) is 22.4 Å². The van der Waals surface area contributed by atoms with Crippen LogP contribution < -0.4 is 10.6 Å². The molecule has 6 rings (SSSR count). The van der Waals surface area contributed by atoms with Gasteiger partial charge in [-0.15, -0.1) is 0 Å². The van der Waals surface area contributed by atoms with Gasteiger partial charge in [0, 0.05) is 48.5 Å². The van der Waals surface area contributed by atoms with Gasteiger partial charge in [-0.05, 0) is 55.3 Å². The second-order valence-electron chi connectivity index (χ2n) is 10.4. The summed E-state index contributed by atoms with van der Waals surface area (Å²) in [5.74, 6) is 1.28. The third-order valence-corrected chi connectivity index (χ3v) is 7.54. The fourth-order valence-electron chi connectivity index (χ4n) is 4.95. The SMILES string of the molecule is CN1C(=O)c2ccc(Nc3cc(N[C@H](CO)c4ccccc4)c(-c4nc(-c5ccncc5)no4)cn3)cc2C1(C)C. The molecule has 41 heavy (non-hydrogen) atoms. The molecular formula is C31H29N7O3. The zero-order valence-electron chi connectivity index (χ0n) is 22.9. The van der Waals surface area contributed by atoms with Crippen LogP contribution in [0.15, 0.2) is 89.8 Å². The molecule has 0 saturated heterocycles. The third kappa shape index (κ3) is 4.89. The summed E-state index contributed by atoms with van der Waals surface area (Å²) in [6.45, 7) is 3.92. The minimum absolute atomic E-state index is 0.00663. The first-order chi connectivity index (χ1) is 19.8. The van der Waals surface area contributed by atoms with Crippen molar-refractivity contribution in [1.29, 1.82) is 0 Å². The lowest BCUT2D eigenvalue weighted by Crippen LogP contribution is -2.35. The molecule has 0 aliphatic carbocycles. The van der Waals surface area contributed by atoms with Crippen LogP contribution in [0.2, 0.25) is 0 Å². The minimum atomic E-state index is -0.428. The normalized spacial score (nSPS) is 14.5. The van der Waals surface area contributed by atoms with Crippen molar-refractivity contribution in [2.45, 2.75) is 25.4 Å². The molecule has 206 valence electrons. The van der Waals surface area contributed by atoms with E-state index >= 15 is 0 Å². The van der Waals surface area contributed by atoms with Gasteiger partial charge in [-0.2, -0.15) is 4.98 Å². The Balaban J connectivity index is 1.36. The topological polar surface area (TPSA) is 129 Å². The maximum absolute atomic E-state index is 12.7. The molecule has 3 aromatic heterocycles. The van der Waals surface area contributed by atoms with Crippen molar-refractivity contribution >= 4 is 23.1 Å². The van der Waals surface area contributed by atoms with E-state index in [1.807, 2.05) is 75.5 Å². The number of carbonyl (C=O) groups excluding carboxylic acids is 1. The number of benzene rings is 2. The summed E-state index contributed by atoms with van der Waals surface area (Å²) in [4.78, 5) is 27.7. The van der Waals surface area contributed by atoms with Gasteiger partial charge in [-0.3, -0.25) is 9.78 Å². The first-order valence-corrected chi connectivity index (χ1v) is 13.2. The van der Waals surface area contributed by atoms with Crippen LogP contribution in [0.5, 0.6) is 0 Å². The zero-order valence-corrected chi connectivity index (χ0v) is 22.9. The summed E-state index contributed by atoms with van der Waals surface area (Å²) >= 11 is 0. The standard InChI is InChI=1S/C31H29N7O3/c1-31(2)24-15-21(9-10-22(24)30(40)38(31)3)34-27-16-25(35-26(18-39)19-7-5-4-6-8-19)23(17-33-27)29-36-28(37-41-29)20-11-13-32-14-12-20/h4-17,26,39H,18H2,1-3H3,(H2,33,34,35)/t26-/m1/s1. The van der Waals surface area contributed by atoms with Gasteiger partial charge in [-0.1, -0.05) is 35.5 Å². The molecule has 10 nitrogen and oxygen atoms in total. The number of fused-ring (bicyclic) bond motifs is 1. The van der Waals surface area contributed by atoms with Gasteiger partial charge in [0.05, 0.1) is 29.4 Å². The van der Waals surface area contributed by atoms with E-state index in [1.165, 1.54) is 0 Å². The van der Waals surface area contributed by atoms with Crippen molar-refractivity contribution in [2.75, 3.05) is 24.3 Å². The minimum Gasteiger partial charge on any atom is -0.394 e. The molecule has 0 bridgehead atoms. The van der Waals surface area contributed by atoms with Gasteiger partial charge in [0.15, 0.2) is 0 Å². The number of hydrogen-bond acceptors (Lipinski definition) is 9. The van der Waals surface area contributed by atoms with Crippen LogP contribution in [0.25, 0.3) is 22.8 Å². The lowest BCUT2D eigenvalue weighted by Gasteiger charge is -2.28. The van der Waals surface area contributed by atoms with Gasteiger partial charge < -0.3 is 25.2 Å². The summed E-state index contributed by atoms with van der Waals surface area (Å²) in [7, 11) is 1.82. The fourth-order valence-corrected chi connectivity index (χ4v) is 4.95. The Morgan fingerprint density at radius 2 is 1.80 bits per heavy atom. The molecular weight excluding hydrogens is 518 g/mol. The van der Waals surface area contributed by atoms with Crippen molar-refractivity contribution < 1.29 is 14.4 Å². The summed E-state index contributed by atoms with van der Waals surface area (Å²) in [5.41, 5.74) is 4.94. The van der Waals surface area contributed by atoms with Crippen molar-refractivity contribution in [3.8, 4) is 22.8 Å². The average molecular weight is 548 g/mol. The van der Waals surface area contributed by atoms with E-state index < -0.39 is 11.6 Å². The van der Waals surface area contributed by atoms with Crippen molar-refractivity contribution in [1.82, 2.24) is 25.0 Å². The van der Waals surface area contributed by atoms with E-state index in [4.69, 9.17) is 4.52 Å². The predicted octanol–water partition coefficient (Wildman–Crippen LogP) is 5.40. The molecule has 10 heteroatoms. The van der Waals surface area contributed by atoms with E-state index in [0.29, 0.717) is 28.5 Å². The fraction of sp³-hybridized carbons (Fsp3) is 0.194. The van der Waals surface area contributed by atoms with Gasteiger partial charge in [0.25, 0.3) is 11.8 Å². The van der Waals surface area contributed by atoms with Crippen LogP contribution in [-0.2, 0) is 5.54 Å². The first kappa shape index (κ1) is 26.1. The Kier molecular flexibility index (Phi) is 6.68. The van der Waals surface area contributed by atoms with Crippen molar-refractivity contribution in [3.63, 3.8) is 0 Å². The molecule has 0 radical (unpaired) electrons. The Hall–Kier alpha value is -5.09. The van der Waals surface area contributed by atoms with Gasteiger partial charge in [-0.25, -0.2) is 4.98 Å². The van der Waals surface area contributed by atoms with Crippen molar-refractivity contribution in [2.24, 2.45) is 0 Å². The highest BCUT2D eigenvalue weighted by Gasteiger charge is 2.40. The first-order valence-electron chi connectivity index (χ1n) is 13.2. The maximum atomic E-state index is 12.7. The van der Waals surface area contributed by atoms with E-state index in [-0.39, 0.29) is 18.4 Å². The van der Waals surface area contributed by atoms with Crippen LogP contribution in [0.1, 0.15) is 41.4 Å². The number of rotatable bonds is 8. The molecule has 0 spiro atoms. The second kappa shape index (κ2) is 10.5. The molecule has 5 aromatic rings. The Morgan fingerprint density at radius 1 is 1.02 bits per heavy atom. The highest BCUT2D eigenvalue weighted by molar-refractivity contribution is 6.00. The lowest BCUT2D eigenvalue weighted by atomic mass is 9.93. The number of anilines is 3. The lowest BCUT2D eigenvalue weighted by molar-refractivity contribution is 0.0691. The number of nitrogens with zero attached hydrogens (tertiary/aromatic N) is 5. The monoisotopic (exact) mass is 547 g/mol. The third-order valence-electron chi connectivity index (χ3n) is 7.54. The molecule has 4 heterocycles. The number of carbonyl (C=O) groups is 1. The quantitative estimate of drug-likeness (QED) is 0.234. The van der Waals surface area contributed by atoms with Gasteiger partial charge in [0.2, 0.25) is 5.82 Å². The second-order valence-corrected chi connectivity index (χ2v) is 10.4. The van der Waals surface area contributed by atoms with Crippen LogP contribution >= 0.6 is 0 Å². The average Bonchev–Trinajstić information content (AvgIpc) is 3.55. The Bertz CT molecular complexity index is 1700. The summed E-state index contributed by atoms with van der Waals surface area (Å²) in [6.07, 6.45) is 4.99. The number of aliphatic hydroxyl groups is 1. The molecule has 2 aromatic carbocycles. The summed E-state index contributed by atoms with van der Waals surface area (Å²) < 4.78 is 5.64. The van der Waals surface area contributed by atoms with Gasteiger partial charge in [0.1, 0.15) is 5.82 Å². The number of hydrogen-bond donors (Lipinski definition) is 3. The molecule has 0 fully saturated rings. The summed E-state index contributed by atoms with van der Waals surface area (Å²) in [6, 6.07) is 20.4. The van der Waals surface area contributed by atoms with Crippen LogP contribution in [0.4, 0.5) is 17.2 Å². The molecule has 3 N–H and O–H groups in total. The number of nitrogens with one attached hydrogen (secondary N) is 2. The largest absolute Gasteiger partial charge is 0.394 e. The van der Waals surface area contributed by atoms with Crippen LogP contribution in [-0.4, -0.2) is 49.7 Å². The predicted molar refractivity (Wildman–Crippen MR) is 155 cm³/mol. The highest BCUT2D eigenvalue weighted by atomic mass is 16.5. The van der Waals surface area contributed by atoms with E-state index in [2.05, 4.69) is 30.7 Å². The summed E-state index contributed by atoms with van der Waals surface area (Å²) in [5, 5.41) is 21.2. The van der Waals surface area contributed by atoms with Crippen molar-refractivity contribution in [3.05, 3.63) is 102 Å². The highest BCUT2D eigenvalue weighted by Crippen LogP contribution is 2.39. The molecule has 1 aliphatic heterocycles. The van der Waals surface area contributed by atoms with E-state index in [1.54, 1.807) is 35.6 Å². The number of aromatic nitrogens is 4. The van der Waals surface area contributed by atoms with Crippen LogP contribution in [0, 0.1) is 0 Å². The molecule has 0 unspecified atom stereocenters. The number of pyridine rings is 2. The smallest absolute Gasteiger partial charge is 0.261 e. The number of aliphatic hydroxyl groups excluding tert-OH is 1. The maximum Gasteiger partial charge on any atom is 0.261 e. The molecule has 1 atom stereocenters. The molecule has 0 saturated carbocycles. The molecule has 1 amide bonds.